The average molecular weight is 328 g/mol. The van der Waals surface area contributed by atoms with Crippen molar-refractivity contribution in [3.63, 3.8) is 0 Å². The molecule has 2 unspecified atom stereocenters. The largest absolute Gasteiger partial charge is 0.362 e. The Hall–Kier alpha value is -1.17. The lowest BCUT2D eigenvalue weighted by Gasteiger charge is -2.16. The third-order valence-electron chi connectivity index (χ3n) is 3.63. The molecule has 6 heteroatoms. The summed E-state index contributed by atoms with van der Waals surface area (Å²) < 4.78 is 0.624. The van der Waals surface area contributed by atoms with Crippen LogP contribution in [0.3, 0.4) is 0 Å². The van der Waals surface area contributed by atoms with Gasteiger partial charge in [0.1, 0.15) is 0 Å². The second-order valence-corrected chi connectivity index (χ2v) is 6.15. The molecule has 19 heavy (non-hydrogen) atoms. The van der Waals surface area contributed by atoms with Gasteiger partial charge in [-0.15, -0.1) is 0 Å². The molecule has 1 aromatic heterocycles. The Balaban J connectivity index is 2.12. The van der Waals surface area contributed by atoms with Crippen molar-refractivity contribution in [2.45, 2.75) is 45.1 Å². The van der Waals surface area contributed by atoms with E-state index in [9.17, 15) is 10.1 Å². The van der Waals surface area contributed by atoms with Crippen LogP contribution in [0.15, 0.2) is 16.7 Å². The number of rotatable bonds is 3. The predicted molar refractivity (Wildman–Crippen MR) is 78.3 cm³/mol. The molecule has 1 aromatic rings. The standard InChI is InChI=1S/C13H18BrN3O2/c1-9-3-2-4-11(6-5-9)16-13-12(17(18)19)7-10(14)8-15-13/h7-9,11H,2-6H2,1H3,(H,15,16). The van der Waals surface area contributed by atoms with Crippen molar-refractivity contribution in [2.24, 2.45) is 5.92 Å². The molecule has 0 radical (unpaired) electrons. The van der Waals surface area contributed by atoms with Crippen LogP contribution >= 0.6 is 15.9 Å². The monoisotopic (exact) mass is 327 g/mol. The molecular weight excluding hydrogens is 310 g/mol. The fourth-order valence-electron chi connectivity index (χ4n) is 2.50. The van der Waals surface area contributed by atoms with Gasteiger partial charge in [-0.25, -0.2) is 4.98 Å². The van der Waals surface area contributed by atoms with E-state index in [4.69, 9.17) is 0 Å². The van der Waals surface area contributed by atoms with Crippen molar-refractivity contribution in [3.05, 3.63) is 26.9 Å². The molecule has 1 aliphatic carbocycles. The molecule has 1 heterocycles. The van der Waals surface area contributed by atoms with Crippen LogP contribution in [-0.2, 0) is 0 Å². The minimum Gasteiger partial charge on any atom is -0.362 e. The fourth-order valence-corrected chi connectivity index (χ4v) is 2.82. The maximum Gasteiger partial charge on any atom is 0.312 e. The highest BCUT2D eigenvalue weighted by Crippen LogP contribution is 2.29. The van der Waals surface area contributed by atoms with Crippen LogP contribution in [0.25, 0.3) is 0 Å². The molecule has 2 atom stereocenters. The van der Waals surface area contributed by atoms with Crippen molar-refractivity contribution in [1.29, 1.82) is 0 Å². The summed E-state index contributed by atoms with van der Waals surface area (Å²) in [5.74, 6) is 1.13. The number of aromatic nitrogens is 1. The molecule has 0 aromatic carbocycles. The summed E-state index contributed by atoms with van der Waals surface area (Å²) in [4.78, 5) is 14.8. The van der Waals surface area contributed by atoms with Crippen LogP contribution in [-0.4, -0.2) is 15.9 Å². The highest BCUT2D eigenvalue weighted by molar-refractivity contribution is 9.10. The van der Waals surface area contributed by atoms with Gasteiger partial charge in [-0.1, -0.05) is 19.8 Å². The Labute approximate surface area is 121 Å². The molecule has 0 amide bonds. The molecule has 1 N–H and O–H groups in total. The van der Waals surface area contributed by atoms with E-state index in [0.717, 1.165) is 18.8 Å². The van der Waals surface area contributed by atoms with Crippen LogP contribution in [0, 0.1) is 16.0 Å². The molecule has 104 valence electrons. The van der Waals surface area contributed by atoms with Crippen molar-refractivity contribution in [2.75, 3.05) is 5.32 Å². The number of halogens is 1. The Kier molecular flexibility index (Phi) is 4.74. The van der Waals surface area contributed by atoms with E-state index in [2.05, 4.69) is 33.2 Å². The Morgan fingerprint density at radius 2 is 2.21 bits per heavy atom. The lowest BCUT2D eigenvalue weighted by atomic mass is 10.0. The van der Waals surface area contributed by atoms with Crippen LogP contribution in [0.1, 0.15) is 39.0 Å². The van der Waals surface area contributed by atoms with Crippen LogP contribution in [0.5, 0.6) is 0 Å². The fraction of sp³-hybridized carbons (Fsp3) is 0.615. The van der Waals surface area contributed by atoms with Gasteiger partial charge >= 0.3 is 5.69 Å². The molecular formula is C13H18BrN3O2. The summed E-state index contributed by atoms with van der Waals surface area (Å²) >= 11 is 3.22. The second kappa shape index (κ2) is 6.32. The summed E-state index contributed by atoms with van der Waals surface area (Å²) in [6.07, 6.45) is 7.28. The van der Waals surface area contributed by atoms with E-state index in [1.807, 2.05) is 0 Å². The first kappa shape index (κ1) is 14.2. The van der Waals surface area contributed by atoms with Crippen LogP contribution in [0.4, 0.5) is 11.5 Å². The van der Waals surface area contributed by atoms with E-state index in [1.165, 1.54) is 25.3 Å². The highest BCUT2D eigenvalue weighted by atomic mass is 79.9. The Morgan fingerprint density at radius 3 is 2.95 bits per heavy atom. The highest BCUT2D eigenvalue weighted by Gasteiger charge is 2.21. The van der Waals surface area contributed by atoms with Crippen LogP contribution in [0.2, 0.25) is 0 Å². The third kappa shape index (κ3) is 3.89. The first-order valence-corrected chi connectivity index (χ1v) is 7.42. The molecule has 5 nitrogen and oxygen atoms in total. The number of hydrogen-bond donors (Lipinski definition) is 1. The zero-order valence-corrected chi connectivity index (χ0v) is 12.5. The van der Waals surface area contributed by atoms with Gasteiger partial charge in [0, 0.05) is 22.8 Å². The van der Waals surface area contributed by atoms with Gasteiger partial charge < -0.3 is 5.32 Å². The number of anilines is 1. The number of nitrogens with one attached hydrogen (secondary N) is 1. The molecule has 2 rings (SSSR count). The minimum absolute atomic E-state index is 0.0340. The van der Waals surface area contributed by atoms with E-state index >= 15 is 0 Å². The van der Waals surface area contributed by atoms with Gasteiger partial charge in [-0.2, -0.15) is 0 Å². The molecule has 0 spiro atoms. The lowest BCUT2D eigenvalue weighted by molar-refractivity contribution is -0.384. The summed E-state index contributed by atoms with van der Waals surface area (Å²) in [6, 6.07) is 1.78. The van der Waals surface area contributed by atoms with Crippen molar-refractivity contribution < 1.29 is 4.92 Å². The molecule has 0 saturated heterocycles. The van der Waals surface area contributed by atoms with Gasteiger partial charge in [0.05, 0.1) is 4.92 Å². The first-order valence-electron chi connectivity index (χ1n) is 6.62. The third-order valence-corrected chi connectivity index (χ3v) is 4.06. The predicted octanol–water partition coefficient (Wildman–Crippen LogP) is 4.13. The maximum absolute atomic E-state index is 11.0. The van der Waals surface area contributed by atoms with Crippen LogP contribution < -0.4 is 5.32 Å². The van der Waals surface area contributed by atoms with Gasteiger partial charge in [-0.05, 0) is 41.1 Å². The van der Waals surface area contributed by atoms with Crippen molar-refractivity contribution in [3.8, 4) is 0 Å². The molecule has 0 aliphatic heterocycles. The molecule has 1 saturated carbocycles. The zero-order chi connectivity index (χ0) is 13.8. The summed E-state index contributed by atoms with van der Waals surface area (Å²) in [7, 11) is 0. The summed E-state index contributed by atoms with van der Waals surface area (Å²) in [5.41, 5.74) is 0.0340. The van der Waals surface area contributed by atoms with Crippen molar-refractivity contribution in [1.82, 2.24) is 4.98 Å². The number of pyridine rings is 1. The smallest absolute Gasteiger partial charge is 0.312 e. The second-order valence-electron chi connectivity index (χ2n) is 5.23. The lowest BCUT2D eigenvalue weighted by Crippen LogP contribution is -2.20. The molecule has 0 bridgehead atoms. The van der Waals surface area contributed by atoms with E-state index < -0.39 is 0 Å². The maximum atomic E-state index is 11.0. The minimum atomic E-state index is -0.389. The van der Waals surface area contributed by atoms with Gasteiger partial charge in [-0.3, -0.25) is 10.1 Å². The first-order chi connectivity index (χ1) is 9.06. The van der Waals surface area contributed by atoms with Gasteiger partial charge in [0.15, 0.2) is 0 Å². The average Bonchev–Trinajstić information content (AvgIpc) is 2.56. The van der Waals surface area contributed by atoms with E-state index in [1.54, 1.807) is 6.20 Å². The molecule has 1 aliphatic rings. The number of nitro groups is 1. The molecule has 1 fully saturated rings. The van der Waals surface area contributed by atoms with E-state index in [0.29, 0.717) is 10.3 Å². The zero-order valence-electron chi connectivity index (χ0n) is 10.9. The van der Waals surface area contributed by atoms with Crippen molar-refractivity contribution >= 4 is 27.4 Å². The van der Waals surface area contributed by atoms with Gasteiger partial charge in [0.2, 0.25) is 5.82 Å². The number of hydrogen-bond acceptors (Lipinski definition) is 4. The normalized spacial score (nSPS) is 23.7. The van der Waals surface area contributed by atoms with Gasteiger partial charge in [0.25, 0.3) is 0 Å². The Morgan fingerprint density at radius 1 is 1.42 bits per heavy atom. The topological polar surface area (TPSA) is 68.1 Å². The Bertz CT molecular complexity index is 467. The van der Waals surface area contributed by atoms with E-state index in [-0.39, 0.29) is 16.7 Å². The summed E-state index contributed by atoms with van der Waals surface area (Å²) in [5, 5.41) is 14.3. The summed E-state index contributed by atoms with van der Waals surface area (Å²) in [6.45, 7) is 2.27. The quantitative estimate of drug-likeness (QED) is 0.514. The SMILES string of the molecule is CC1CCCC(Nc2ncc(Br)cc2[N+](=O)[O-])CC1. The number of nitrogens with zero attached hydrogens (tertiary/aromatic N) is 2.